The van der Waals surface area contributed by atoms with E-state index in [1.807, 2.05) is 0 Å². The largest absolute Gasteiger partial charge is 0.459 e. The summed E-state index contributed by atoms with van der Waals surface area (Å²) in [4.78, 5) is 33.7. The Morgan fingerprint density at radius 3 is 2.64 bits per heavy atom. The van der Waals surface area contributed by atoms with Crippen molar-refractivity contribution in [3.05, 3.63) is 64.4 Å². The van der Waals surface area contributed by atoms with Crippen LogP contribution < -0.4 is 5.32 Å². The lowest BCUT2D eigenvalue weighted by Gasteiger charge is -2.09. The van der Waals surface area contributed by atoms with Gasteiger partial charge in [0.05, 0.1) is 11.2 Å². The molecule has 0 radical (unpaired) electrons. The topological polar surface area (TPSA) is 151 Å². The van der Waals surface area contributed by atoms with Crippen LogP contribution in [-0.2, 0) is 9.53 Å². The van der Waals surface area contributed by atoms with Gasteiger partial charge in [0.1, 0.15) is 6.54 Å². The van der Waals surface area contributed by atoms with E-state index in [9.17, 15) is 19.7 Å². The van der Waals surface area contributed by atoms with E-state index in [0.29, 0.717) is 5.56 Å². The molecule has 0 fully saturated rings. The minimum absolute atomic E-state index is 0.0408. The van der Waals surface area contributed by atoms with Crippen LogP contribution >= 0.6 is 0 Å². The smallest absolute Gasteiger partial charge is 0.326 e. The molecule has 144 valence electrons. The van der Waals surface area contributed by atoms with E-state index in [-0.39, 0.29) is 29.8 Å². The first-order valence-electron chi connectivity index (χ1n) is 8.03. The molecular weight excluding hydrogens is 372 g/mol. The summed E-state index contributed by atoms with van der Waals surface area (Å²) in [5.74, 6) is -1.01. The van der Waals surface area contributed by atoms with E-state index < -0.39 is 22.9 Å². The number of hydrogen-bond acceptors (Lipinski definition) is 9. The molecule has 3 rings (SSSR count). The van der Waals surface area contributed by atoms with Crippen molar-refractivity contribution in [3.63, 3.8) is 0 Å². The second kappa shape index (κ2) is 8.12. The predicted octanol–water partition coefficient (Wildman–Crippen LogP) is 2.27. The number of nitrogens with one attached hydrogen (secondary N) is 1. The number of nitro benzene ring substituents is 1. The Labute approximate surface area is 157 Å². The highest BCUT2D eigenvalue weighted by Gasteiger charge is 2.20. The van der Waals surface area contributed by atoms with Crippen molar-refractivity contribution in [2.75, 3.05) is 6.54 Å². The molecule has 1 atom stereocenters. The summed E-state index contributed by atoms with van der Waals surface area (Å²) in [6.07, 6.45) is 0.486. The molecule has 1 unspecified atom stereocenters. The van der Waals surface area contributed by atoms with E-state index in [0.717, 1.165) is 0 Å². The maximum Gasteiger partial charge on any atom is 0.326 e. The van der Waals surface area contributed by atoms with E-state index in [2.05, 4.69) is 15.5 Å². The van der Waals surface area contributed by atoms with Gasteiger partial charge in [-0.2, -0.15) is 0 Å². The van der Waals surface area contributed by atoms with Crippen molar-refractivity contribution >= 4 is 17.6 Å². The lowest BCUT2D eigenvalue weighted by atomic mass is 10.2. The summed E-state index contributed by atoms with van der Waals surface area (Å²) < 4.78 is 15.5. The van der Waals surface area contributed by atoms with Gasteiger partial charge in [0.25, 0.3) is 17.5 Å². The molecule has 0 bridgehead atoms. The number of aromatic nitrogens is 2. The first-order chi connectivity index (χ1) is 13.4. The van der Waals surface area contributed by atoms with Crippen LogP contribution in [0, 0.1) is 10.1 Å². The maximum absolute atomic E-state index is 11.9. The van der Waals surface area contributed by atoms with Gasteiger partial charge in [-0.3, -0.25) is 19.7 Å². The Balaban J connectivity index is 1.56. The van der Waals surface area contributed by atoms with E-state index in [1.165, 1.54) is 43.5 Å². The molecule has 2 heterocycles. The number of hydrogen-bond donors (Lipinski definition) is 1. The number of amides is 1. The second-order valence-corrected chi connectivity index (χ2v) is 5.54. The van der Waals surface area contributed by atoms with Crippen LogP contribution in [0.4, 0.5) is 5.69 Å². The molecule has 11 heteroatoms. The number of rotatable bonds is 7. The van der Waals surface area contributed by atoms with Gasteiger partial charge >= 0.3 is 5.97 Å². The molecule has 28 heavy (non-hydrogen) atoms. The third-order valence-electron chi connectivity index (χ3n) is 3.56. The molecular formula is C17H14N4O7. The zero-order chi connectivity index (χ0) is 20.1. The summed E-state index contributed by atoms with van der Waals surface area (Å²) >= 11 is 0. The number of non-ortho nitro benzene ring substituents is 1. The molecule has 2 aromatic heterocycles. The van der Waals surface area contributed by atoms with Crippen LogP contribution in [0.2, 0.25) is 0 Å². The SMILES string of the molecule is CC(OC(=O)CNC(=O)c1ccco1)c1nnc(-c2ccc([N+](=O)[O-])cc2)o1. The number of ether oxygens (including phenoxy) is 1. The zero-order valence-electron chi connectivity index (χ0n) is 14.5. The van der Waals surface area contributed by atoms with Gasteiger partial charge in [-0.05, 0) is 31.2 Å². The molecule has 0 aliphatic heterocycles. The Bertz CT molecular complexity index is 979. The molecule has 0 aliphatic rings. The molecule has 3 aromatic rings. The van der Waals surface area contributed by atoms with Gasteiger partial charge in [-0.25, -0.2) is 0 Å². The van der Waals surface area contributed by atoms with E-state index >= 15 is 0 Å². The fourth-order valence-electron chi connectivity index (χ4n) is 2.18. The molecule has 0 spiro atoms. The molecule has 0 aliphatic carbocycles. The standard InChI is InChI=1S/C17H14N4O7/c1-10(27-14(22)9-18-15(23)13-3-2-8-26-13)16-19-20-17(28-16)11-4-6-12(7-5-11)21(24)25/h2-8,10H,9H2,1H3,(H,18,23). The van der Waals surface area contributed by atoms with Crippen LogP contribution in [0.3, 0.4) is 0 Å². The van der Waals surface area contributed by atoms with Gasteiger partial charge in [0.15, 0.2) is 11.9 Å². The lowest BCUT2D eigenvalue weighted by molar-refractivity contribution is -0.384. The third kappa shape index (κ3) is 4.38. The molecule has 1 N–H and O–H groups in total. The van der Waals surface area contributed by atoms with Crippen LogP contribution in [0.15, 0.2) is 51.5 Å². The van der Waals surface area contributed by atoms with Crippen molar-refractivity contribution in [1.82, 2.24) is 15.5 Å². The van der Waals surface area contributed by atoms with Gasteiger partial charge in [-0.1, -0.05) is 0 Å². The minimum atomic E-state index is -0.854. The quantitative estimate of drug-likeness (QED) is 0.366. The number of nitro groups is 1. The average Bonchev–Trinajstić information content (AvgIpc) is 3.38. The number of benzene rings is 1. The second-order valence-electron chi connectivity index (χ2n) is 5.54. The predicted molar refractivity (Wildman–Crippen MR) is 91.9 cm³/mol. The first kappa shape index (κ1) is 18.8. The lowest BCUT2D eigenvalue weighted by Crippen LogP contribution is -2.30. The summed E-state index contributed by atoms with van der Waals surface area (Å²) in [6, 6.07) is 8.57. The van der Waals surface area contributed by atoms with Crippen molar-refractivity contribution in [3.8, 4) is 11.5 Å². The van der Waals surface area contributed by atoms with Crippen molar-refractivity contribution < 1.29 is 28.1 Å². The van der Waals surface area contributed by atoms with Crippen LogP contribution in [-0.4, -0.2) is 33.5 Å². The monoisotopic (exact) mass is 386 g/mol. The number of carbonyl (C=O) groups excluding carboxylic acids is 2. The van der Waals surface area contributed by atoms with Crippen molar-refractivity contribution in [2.45, 2.75) is 13.0 Å². The minimum Gasteiger partial charge on any atom is -0.459 e. The third-order valence-corrected chi connectivity index (χ3v) is 3.56. The molecule has 0 saturated heterocycles. The van der Waals surface area contributed by atoms with Crippen LogP contribution in [0.25, 0.3) is 11.5 Å². The highest BCUT2D eigenvalue weighted by atomic mass is 16.6. The van der Waals surface area contributed by atoms with Crippen LogP contribution in [0.1, 0.15) is 29.5 Å². The normalized spacial score (nSPS) is 11.6. The first-order valence-corrected chi connectivity index (χ1v) is 8.03. The summed E-state index contributed by atoms with van der Waals surface area (Å²) in [5, 5.41) is 20.7. The maximum atomic E-state index is 11.9. The zero-order valence-corrected chi connectivity index (χ0v) is 14.5. The molecule has 1 amide bonds. The van der Waals surface area contributed by atoms with Gasteiger partial charge in [0.2, 0.25) is 5.89 Å². The average molecular weight is 386 g/mol. The van der Waals surface area contributed by atoms with E-state index in [1.54, 1.807) is 6.07 Å². The summed E-state index contributed by atoms with van der Waals surface area (Å²) in [5.41, 5.74) is 0.413. The van der Waals surface area contributed by atoms with Gasteiger partial charge in [-0.15, -0.1) is 10.2 Å². The van der Waals surface area contributed by atoms with Gasteiger partial charge in [0, 0.05) is 17.7 Å². The number of carbonyl (C=O) groups is 2. The summed E-state index contributed by atoms with van der Waals surface area (Å²) in [7, 11) is 0. The molecule has 11 nitrogen and oxygen atoms in total. The van der Waals surface area contributed by atoms with Crippen molar-refractivity contribution in [1.29, 1.82) is 0 Å². The number of nitrogens with zero attached hydrogens (tertiary/aromatic N) is 3. The fraction of sp³-hybridized carbons (Fsp3) is 0.176. The van der Waals surface area contributed by atoms with Crippen molar-refractivity contribution in [2.24, 2.45) is 0 Å². The molecule has 1 aromatic carbocycles. The highest BCUT2D eigenvalue weighted by Crippen LogP contribution is 2.24. The van der Waals surface area contributed by atoms with Gasteiger partial charge < -0.3 is 18.9 Å². The Morgan fingerprint density at radius 2 is 2.00 bits per heavy atom. The number of esters is 1. The number of furan rings is 1. The Hall–Kier alpha value is -4.02. The highest BCUT2D eigenvalue weighted by molar-refractivity contribution is 5.93. The Kier molecular flexibility index (Phi) is 5.44. The fourth-order valence-corrected chi connectivity index (χ4v) is 2.18. The summed E-state index contributed by atoms with van der Waals surface area (Å²) in [6.45, 7) is 1.16. The van der Waals surface area contributed by atoms with Crippen LogP contribution in [0.5, 0.6) is 0 Å². The Morgan fingerprint density at radius 1 is 1.25 bits per heavy atom. The van der Waals surface area contributed by atoms with E-state index in [4.69, 9.17) is 13.6 Å². The molecule has 0 saturated carbocycles.